The zero-order valence-electron chi connectivity index (χ0n) is 13.5. The number of rotatable bonds is 8. The number of aryl methyl sites for hydroxylation is 1. The van der Waals surface area contributed by atoms with Crippen LogP contribution in [0.1, 0.15) is 32.3 Å². The van der Waals surface area contributed by atoms with Crippen LogP contribution in [0.25, 0.3) is 0 Å². The molecule has 0 saturated heterocycles. The van der Waals surface area contributed by atoms with Crippen molar-refractivity contribution in [1.82, 2.24) is 5.32 Å². The molecular formula is C16H25N3O4. The summed E-state index contributed by atoms with van der Waals surface area (Å²) in [4.78, 5) is 23.2. The fraction of sp³-hybridized carbons (Fsp3) is 0.500. The van der Waals surface area contributed by atoms with Crippen LogP contribution in [-0.2, 0) is 16.0 Å². The number of nitrogens with one attached hydrogen (secondary N) is 1. The maximum absolute atomic E-state index is 11.9. The molecule has 128 valence electrons. The first-order valence-electron chi connectivity index (χ1n) is 7.53. The summed E-state index contributed by atoms with van der Waals surface area (Å²) in [6.07, 6.45) is 1.25. The first-order valence-corrected chi connectivity index (χ1v) is 7.53. The molecule has 2 atom stereocenters. The number of carbonyl (C=O) groups excluding carboxylic acids is 1. The van der Waals surface area contributed by atoms with Crippen molar-refractivity contribution in [3.05, 3.63) is 29.8 Å². The first kappa shape index (κ1) is 18.9. The molecule has 1 amide bonds. The molecule has 0 heterocycles. The second-order valence-electron chi connectivity index (χ2n) is 5.98. The Morgan fingerprint density at radius 2 is 1.83 bits per heavy atom. The van der Waals surface area contributed by atoms with Gasteiger partial charge in [-0.05, 0) is 36.5 Å². The summed E-state index contributed by atoms with van der Waals surface area (Å²) in [7, 11) is 0. The predicted octanol–water partition coefficient (Wildman–Crippen LogP) is 0.464. The summed E-state index contributed by atoms with van der Waals surface area (Å²) in [6, 6.07) is 6.19. The molecule has 0 fully saturated rings. The van der Waals surface area contributed by atoms with Gasteiger partial charge in [0.15, 0.2) is 0 Å². The average Bonchev–Trinajstić information content (AvgIpc) is 2.48. The van der Waals surface area contributed by atoms with Crippen molar-refractivity contribution in [3.63, 3.8) is 0 Å². The number of nitrogens with two attached hydrogens (primary N) is 2. The third-order valence-electron chi connectivity index (χ3n) is 3.71. The second-order valence-corrected chi connectivity index (χ2v) is 5.98. The Balaban J connectivity index is 2.56. The van der Waals surface area contributed by atoms with Gasteiger partial charge in [0, 0.05) is 12.1 Å². The Bertz CT molecular complexity index is 545. The molecule has 23 heavy (non-hydrogen) atoms. The number of hydrogen-bond acceptors (Lipinski definition) is 5. The summed E-state index contributed by atoms with van der Waals surface area (Å²) >= 11 is 0. The van der Waals surface area contributed by atoms with E-state index in [2.05, 4.69) is 5.32 Å². The van der Waals surface area contributed by atoms with E-state index in [1.54, 1.807) is 26.0 Å². The zero-order chi connectivity index (χ0) is 17.6. The van der Waals surface area contributed by atoms with Gasteiger partial charge < -0.3 is 27.0 Å². The van der Waals surface area contributed by atoms with Crippen molar-refractivity contribution in [3.8, 4) is 0 Å². The van der Waals surface area contributed by atoms with E-state index in [1.165, 1.54) is 0 Å². The van der Waals surface area contributed by atoms with E-state index in [0.717, 1.165) is 5.56 Å². The van der Waals surface area contributed by atoms with E-state index >= 15 is 0 Å². The summed E-state index contributed by atoms with van der Waals surface area (Å²) < 4.78 is 0. The summed E-state index contributed by atoms with van der Waals surface area (Å²) in [5, 5.41) is 21.5. The van der Waals surface area contributed by atoms with Crippen molar-refractivity contribution in [2.45, 2.75) is 44.9 Å². The summed E-state index contributed by atoms with van der Waals surface area (Å²) in [5.74, 6) is -2.43. The molecule has 0 aliphatic carbocycles. The lowest BCUT2D eigenvalue weighted by Crippen LogP contribution is -2.66. The molecule has 0 aromatic heterocycles. The fourth-order valence-corrected chi connectivity index (χ4v) is 2.17. The van der Waals surface area contributed by atoms with E-state index in [1.807, 2.05) is 12.1 Å². The van der Waals surface area contributed by atoms with Gasteiger partial charge in [0.25, 0.3) is 5.72 Å². The smallest absolute Gasteiger partial charge is 0.358 e. The number of aliphatic carboxylic acids is 1. The van der Waals surface area contributed by atoms with Crippen molar-refractivity contribution in [2.75, 3.05) is 5.73 Å². The highest BCUT2D eigenvalue weighted by Gasteiger charge is 2.45. The molecule has 0 bridgehead atoms. The lowest BCUT2D eigenvalue weighted by atomic mass is 9.93. The molecule has 0 radical (unpaired) electrons. The predicted molar refractivity (Wildman–Crippen MR) is 87.3 cm³/mol. The van der Waals surface area contributed by atoms with Crippen molar-refractivity contribution < 1.29 is 19.8 Å². The monoisotopic (exact) mass is 323 g/mol. The van der Waals surface area contributed by atoms with Crippen LogP contribution in [-0.4, -0.2) is 33.9 Å². The van der Waals surface area contributed by atoms with Crippen LogP contribution in [0.4, 0.5) is 5.69 Å². The number of carboxylic acids is 1. The van der Waals surface area contributed by atoms with Gasteiger partial charge in [0.1, 0.15) is 0 Å². The minimum absolute atomic E-state index is 0.0881. The van der Waals surface area contributed by atoms with Crippen molar-refractivity contribution in [1.29, 1.82) is 0 Å². The maximum Gasteiger partial charge on any atom is 0.358 e. The molecule has 0 spiro atoms. The lowest BCUT2D eigenvalue weighted by Gasteiger charge is -2.32. The molecular weight excluding hydrogens is 298 g/mol. The molecule has 1 rings (SSSR count). The fourth-order valence-electron chi connectivity index (χ4n) is 2.17. The molecule has 1 aromatic rings. The van der Waals surface area contributed by atoms with Crippen LogP contribution >= 0.6 is 0 Å². The molecule has 1 unspecified atom stereocenters. The van der Waals surface area contributed by atoms with Crippen LogP contribution < -0.4 is 16.8 Å². The van der Waals surface area contributed by atoms with Crippen molar-refractivity contribution >= 4 is 17.6 Å². The highest BCUT2D eigenvalue weighted by atomic mass is 16.4. The van der Waals surface area contributed by atoms with E-state index in [0.29, 0.717) is 18.5 Å². The Hall–Kier alpha value is -2.12. The minimum Gasteiger partial charge on any atom is -0.478 e. The van der Waals surface area contributed by atoms with Gasteiger partial charge in [0.2, 0.25) is 5.91 Å². The highest BCUT2D eigenvalue weighted by Crippen LogP contribution is 2.15. The Morgan fingerprint density at radius 1 is 1.26 bits per heavy atom. The molecule has 0 saturated carbocycles. The van der Waals surface area contributed by atoms with Crippen LogP contribution in [0.3, 0.4) is 0 Å². The standard InChI is InChI=1S/C16H25N3O4/c1-10(2)14(18)16(23,15(21)22)19-13(20)5-3-4-11-6-8-12(17)9-7-11/h6-10,14,23H,3-5,17-18H2,1-2H3,(H,19,20)(H,21,22)/t14?,16-/m0/s1. The molecule has 7 N–H and O–H groups in total. The lowest BCUT2D eigenvalue weighted by molar-refractivity contribution is -0.170. The SMILES string of the molecule is CC(C)C(N)[C@@](O)(NC(=O)CCCc1ccc(N)cc1)C(=O)O. The van der Waals surface area contributed by atoms with Crippen molar-refractivity contribution in [2.24, 2.45) is 11.7 Å². The second kappa shape index (κ2) is 7.94. The minimum atomic E-state index is -2.47. The maximum atomic E-state index is 11.9. The highest BCUT2D eigenvalue weighted by molar-refractivity contribution is 5.86. The molecule has 0 aliphatic rings. The van der Waals surface area contributed by atoms with E-state index < -0.39 is 23.6 Å². The number of nitrogen functional groups attached to an aromatic ring is 1. The average molecular weight is 323 g/mol. The Labute approximate surface area is 135 Å². The van der Waals surface area contributed by atoms with Crippen LogP contribution in [0.15, 0.2) is 24.3 Å². The zero-order valence-corrected chi connectivity index (χ0v) is 13.5. The van der Waals surface area contributed by atoms with Crippen LogP contribution in [0.5, 0.6) is 0 Å². The molecule has 0 aliphatic heterocycles. The quantitative estimate of drug-likeness (QED) is 0.348. The van der Waals surface area contributed by atoms with Crippen LogP contribution in [0.2, 0.25) is 0 Å². The van der Waals surface area contributed by atoms with Crippen LogP contribution in [0, 0.1) is 5.92 Å². The number of carbonyl (C=O) groups is 2. The number of hydrogen-bond donors (Lipinski definition) is 5. The van der Waals surface area contributed by atoms with Gasteiger partial charge in [-0.2, -0.15) is 0 Å². The van der Waals surface area contributed by atoms with Gasteiger partial charge >= 0.3 is 5.97 Å². The number of aliphatic hydroxyl groups is 1. The largest absolute Gasteiger partial charge is 0.478 e. The number of benzene rings is 1. The topological polar surface area (TPSA) is 139 Å². The summed E-state index contributed by atoms with van der Waals surface area (Å²) in [5.41, 5.74) is 10.5. The van der Waals surface area contributed by atoms with Gasteiger partial charge in [-0.1, -0.05) is 26.0 Å². The molecule has 7 nitrogen and oxygen atoms in total. The molecule has 1 aromatic carbocycles. The third-order valence-corrected chi connectivity index (χ3v) is 3.71. The van der Waals surface area contributed by atoms with E-state index in [4.69, 9.17) is 11.5 Å². The normalized spacial score (nSPS) is 15.0. The van der Waals surface area contributed by atoms with Gasteiger partial charge in [0.05, 0.1) is 6.04 Å². The third kappa shape index (κ3) is 5.22. The first-order chi connectivity index (χ1) is 10.7. The molecule has 7 heteroatoms. The number of carboxylic acid groups (broad SMARTS) is 1. The number of amides is 1. The van der Waals surface area contributed by atoms with E-state index in [-0.39, 0.29) is 12.3 Å². The number of anilines is 1. The Kier molecular flexibility index (Phi) is 6.53. The summed E-state index contributed by atoms with van der Waals surface area (Å²) in [6.45, 7) is 3.34. The van der Waals surface area contributed by atoms with E-state index in [9.17, 15) is 19.8 Å². The van der Waals surface area contributed by atoms with Gasteiger partial charge in [-0.25, -0.2) is 4.79 Å². The Morgan fingerprint density at radius 3 is 2.30 bits per heavy atom. The van der Waals surface area contributed by atoms with Gasteiger partial charge in [-0.3, -0.25) is 4.79 Å². The van der Waals surface area contributed by atoms with Gasteiger partial charge in [-0.15, -0.1) is 0 Å².